The first-order valence-corrected chi connectivity index (χ1v) is 9.45. The summed E-state index contributed by atoms with van der Waals surface area (Å²) in [5.74, 6) is 1.43. The van der Waals surface area contributed by atoms with Gasteiger partial charge >= 0.3 is 6.01 Å². The van der Waals surface area contributed by atoms with Gasteiger partial charge < -0.3 is 13.9 Å². The molecule has 5 rings (SSSR count). The second kappa shape index (κ2) is 7.71. The van der Waals surface area contributed by atoms with E-state index in [1.54, 1.807) is 0 Å². The summed E-state index contributed by atoms with van der Waals surface area (Å²) < 4.78 is 17.1. The number of ether oxygens (including phenoxy) is 2. The highest BCUT2D eigenvalue weighted by atomic mass is 16.5. The molecule has 7 heteroatoms. The first kappa shape index (κ1) is 17.9. The Balaban J connectivity index is 1.34. The summed E-state index contributed by atoms with van der Waals surface area (Å²) in [4.78, 5) is 13.2. The quantitative estimate of drug-likeness (QED) is 0.531. The number of benzene rings is 3. The van der Waals surface area contributed by atoms with Gasteiger partial charge in [0, 0.05) is 11.1 Å². The molecular weight excluding hydrogens is 382 g/mol. The van der Waals surface area contributed by atoms with Gasteiger partial charge in [-0.1, -0.05) is 59.7 Å². The minimum Gasteiger partial charge on any atom is -0.484 e. The predicted molar refractivity (Wildman–Crippen MR) is 109 cm³/mol. The lowest BCUT2D eigenvalue weighted by molar-refractivity contribution is -0.117. The van der Waals surface area contributed by atoms with Crippen LogP contribution in [0.5, 0.6) is 17.2 Å². The van der Waals surface area contributed by atoms with E-state index in [9.17, 15) is 4.79 Å². The van der Waals surface area contributed by atoms with Crippen LogP contribution in [0, 0.1) is 0 Å². The van der Waals surface area contributed by atoms with Gasteiger partial charge in [0.25, 0.3) is 5.89 Å². The predicted octanol–water partition coefficient (Wildman–Crippen LogP) is 4.52. The molecule has 0 unspecified atom stereocenters. The van der Waals surface area contributed by atoms with Crippen LogP contribution in [0.25, 0.3) is 0 Å². The number of nitrogens with zero attached hydrogens (tertiary/aromatic N) is 2. The Hall–Kier alpha value is -4.13. The third kappa shape index (κ3) is 3.48. The fourth-order valence-corrected chi connectivity index (χ4v) is 3.39. The summed E-state index contributed by atoms with van der Waals surface area (Å²) in [7, 11) is 0. The second-order valence-corrected chi connectivity index (χ2v) is 6.70. The lowest BCUT2D eigenvalue weighted by Gasteiger charge is -2.26. The Morgan fingerprint density at radius 2 is 1.50 bits per heavy atom. The minimum absolute atomic E-state index is 0.0214. The first-order chi connectivity index (χ1) is 14.8. The molecule has 0 bridgehead atoms. The highest BCUT2D eigenvalue weighted by Gasteiger charge is 2.33. The fourth-order valence-electron chi connectivity index (χ4n) is 3.39. The summed E-state index contributed by atoms with van der Waals surface area (Å²) >= 11 is 0. The van der Waals surface area contributed by atoms with Crippen molar-refractivity contribution in [3.05, 3.63) is 95.9 Å². The molecule has 1 aliphatic heterocycles. The lowest BCUT2D eigenvalue weighted by atomic mass is 9.87. The monoisotopic (exact) mass is 399 g/mol. The van der Waals surface area contributed by atoms with Crippen LogP contribution in [0.4, 0.5) is 6.01 Å². The van der Waals surface area contributed by atoms with E-state index in [-0.39, 0.29) is 24.4 Å². The molecule has 0 saturated heterocycles. The van der Waals surface area contributed by atoms with Crippen molar-refractivity contribution in [1.82, 2.24) is 10.2 Å². The van der Waals surface area contributed by atoms with Crippen LogP contribution in [0.15, 0.2) is 83.3 Å². The zero-order chi connectivity index (χ0) is 20.3. The van der Waals surface area contributed by atoms with Crippen LogP contribution < -0.4 is 14.8 Å². The molecule has 3 aromatic carbocycles. The normalized spacial score (nSPS) is 12.4. The number of carbonyl (C=O) groups is 1. The molecule has 0 atom stereocenters. The van der Waals surface area contributed by atoms with E-state index >= 15 is 0 Å². The van der Waals surface area contributed by atoms with Crippen molar-refractivity contribution in [1.29, 1.82) is 0 Å². The van der Waals surface area contributed by atoms with Crippen molar-refractivity contribution in [3.63, 3.8) is 0 Å². The fraction of sp³-hybridized carbons (Fsp3) is 0.0870. The maximum absolute atomic E-state index is 13.2. The van der Waals surface area contributed by atoms with Crippen LogP contribution >= 0.6 is 0 Å². The third-order valence-corrected chi connectivity index (χ3v) is 4.74. The number of rotatable bonds is 5. The van der Waals surface area contributed by atoms with Crippen LogP contribution in [0.2, 0.25) is 0 Å². The Bertz CT molecular complexity index is 1140. The molecule has 4 aromatic rings. The van der Waals surface area contributed by atoms with Crippen molar-refractivity contribution >= 4 is 11.9 Å². The summed E-state index contributed by atoms with van der Waals surface area (Å²) in [6, 6.07) is 24.3. The number of nitrogens with one attached hydrogen (secondary N) is 1. The molecule has 0 saturated carbocycles. The number of hydrogen-bond acceptors (Lipinski definition) is 6. The number of para-hydroxylation sites is 3. The van der Waals surface area contributed by atoms with E-state index < -0.39 is 5.92 Å². The smallest absolute Gasteiger partial charge is 0.322 e. The Morgan fingerprint density at radius 1 is 0.867 bits per heavy atom. The van der Waals surface area contributed by atoms with Crippen molar-refractivity contribution in [3.8, 4) is 17.2 Å². The van der Waals surface area contributed by atoms with Gasteiger partial charge in [0.2, 0.25) is 5.91 Å². The van der Waals surface area contributed by atoms with E-state index in [0.717, 1.165) is 11.1 Å². The maximum atomic E-state index is 13.2. The topological polar surface area (TPSA) is 86.5 Å². The van der Waals surface area contributed by atoms with Crippen LogP contribution in [0.3, 0.4) is 0 Å². The Morgan fingerprint density at radius 3 is 2.20 bits per heavy atom. The van der Waals surface area contributed by atoms with Gasteiger partial charge in [0.05, 0.1) is 5.92 Å². The summed E-state index contributed by atoms with van der Waals surface area (Å²) in [6.07, 6.45) is 0. The Kier molecular flexibility index (Phi) is 4.61. The number of anilines is 1. The number of carbonyl (C=O) groups excluding carboxylic acids is 1. The van der Waals surface area contributed by atoms with Gasteiger partial charge in [0.1, 0.15) is 17.2 Å². The Labute approximate surface area is 172 Å². The lowest BCUT2D eigenvalue weighted by Crippen LogP contribution is -2.25. The number of amides is 1. The number of aromatic nitrogens is 2. The van der Waals surface area contributed by atoms with Crippen LogP contribution in [0.1, 0.15) is 22.9 Å². The summed E-state index contributed by atoms with van der Waals surface area (Å²) in [6.45, 7) is 0.107. The number of fused-ring (bicyclic) bond motifs is 2. The van der Waals surface area contributed by atoms with Gasteiger partial charge in [-0.2, -0.15) is 0 Å². The molecule has 1 aliphatic rings. The molecule has 30 heavy (non-hydrogen) atoms. The van der Waals surface area contributed by atoms with Gasteiger partial charge in [-0.25, -0.2) is 0 Å². The molecule has 148 valence electrons. The van der Waals surface area contributed by atoms with Gasteiger partial charge in [0.15, 0.2) is 6.61 Å². The van der Waals surface area contributed by atoms with E-state index in [0.29, 0.717) is 17.2 Å². The average molecular weight is 399 g/mol. The molecule has 1 amide bonds. The largest absolute Gasteiger partial charge is 0.484 e. The van der Waals surface area contributed by atoms with Gasteiger partial charge in [-0.3, -0.25) is 10.1 Å². The molecule has 0 radical (unpaired) electrons. The zero-order valence-electron chi connectivity index (χ0n) is 15.8. The molecular formula is C23H17N3O4. The van der Waals surface area contributed by atoms with Crippen LogP contribution in [-0.4, -0.2) is 16.1 Å². The SMILES string of the molecule is O=C(Nc1nnc(COc2ccccc2)o1)C1c2ccccc2Oc2ccccc21. The van der Waals surface area contributed by atoms with Gasteiger partial charge in [-0.15, -0.1) is 5.10 Å². The second-order valence-electron chi connectivity index (χ2n) is 6.70. The van der Waals surface area contributed by atoms with Crippen LogP contribution in [-0.2, 0) is 11.4 Å². The zero-order valence-corrected chi connectivity index (χ0v) is 15.8. The first-order valence-electron chi connectivity index (χ1n) is 9.45. The van der Waals surface area contributed by atoms with Gasteiger partial charge in [-0.05, 0) is 24.3 Å². The maximum Gasteiger partial charge on any atom is 0.322 e. The highest BCUT2D eigenvalue weighted by molar-refractivity contribution is 5.98. The summed E-state index contributed by atoms with van der Waals surface area (Å²) in [5.41, 5.74) is 1.56. The molecule has 7 nitrogen and oxygen atoms in total. The molecule has 0 aliphatic carbocycles. The molecule has 0 fully saturated rings. The number of hydrogen-bond donors (Lipinski definition) is 1. The van der Waals surface area contributed by atoms with E-state index in [1.165, 1.54) is 0 Å². The van der Waals surface area contributed by atoms with Crippen molar-refractivity contribution in [2.45, 2.75) is 12.5 Å². The molecule has 2 heterocycles. The minimum atomic E-state index is -0.554. The van der Waals surface area contributed by atoms with E-state index in [2.05, 4.69) is 15.5 Å². The molecule has 1 aromatic heterocycles. The van der Waals surface area contributed by atoms with E-state index in [1.807, 2.05) is 78.9 Å². The highest BCUT2D eigenvalue weighted by Crippen LogP contribution is 2.44. The van der Waals surface area contributed by atoms with Crippen molar-refractivity contribution in [2.75, 3.05) is 5.32 Å². The average Bonchev–Trinajstić information content (AvgIpc) is 3.23. The summed E-state index contributed by atoms with van der Waals surface area (Å²) in [5, 5.41) is 10.6. The third-order valence-electron chi connectivity index (χ3n) is 4.74. The van der Waals surface area contributed by atoms with Crippen molar-refractivity contribution in [2.24, 2.45) is 0 Å². The standard InChI is InChI=1S/C23H17N3O4/c27-22(24-23-26-25-20(30-23)14-28-15-8-2-1-3-9-15)21-16-10-4-6-12-18(16)29-19-13-7-5-11-17(19)21/h1-13,21H,14H2,(H,24,26,27). The molecule has 1 N–H and O–H groups in total. The van der Waals surface area contributed by atoms with E-state index in [4.69, 9.17) is 13.9 Å². The van der Waals surface area contributed by atoms with Crippen molar-refractivity contribution < 1.29 is 18.7 Å². The molecule has 0 spiro atoms.